The molecule has 1 aliphatic rings. The van der Waals surface area contributed by atoms with Crippen LogP contribution in [-0.2, 0) is 32.0 Å². The molecule has 1 saturated heterocycles. The van der Waals surface area contributed by atoms with Crippen molar-refractivity contribution in [2.75, 3.05) is 41.0 Å². The highest BCUT2D eigenvalue weighted by atomic mass is 16.5. The van der Waals surface area contributed by atoms with Crippen molar-refractivity contribution in [3.05, 3.63) is 53.6 Å². The zero-order chi connectivity index (χ0) is 24.5. The summed E-state index contributed by atoms with van der Waals surface area (Å²) >= 11 is 0. The number of esters is 1. The molecule has 3 rings (SSSR count). The number of hydrogen-bond donors (Lipinski definition) is 0. The Balaban J connectivity index is 1.44. The molecule has 182 valence electrons. The number of nitrogens with zero attached hydrogens (tertiary/aromatic N) is 1. The fourth-order valence-electron chi connectivity index (χ4n) is 4.02. The van der Waals surface area contributed by atoms with Crippen molar-refractivity contribution >= 4 is 17.7 Å². The highest BCUT2D eigenvalue weighted by molar-refractivity contribution is 6.36. The molecule has 0 bridgehead atoms. The fraction of sp³-hybridized carbons (Fsp3) is 0.423. The van der Waals surface area contributed by atoms with Crippen molar-refractivity contribution in [2.24, 2.45) is 5.92 Å². The SMILES string of the molecule is COc1cc(CCCOC(=O)[C@@H]2CCN(C(=O)C(=O)Cc3ccccc3)C2)cc(OC)c1OC. The van der Waals surface area contributed by atoms with Crippen LogP contribution in [0.25, 0.3) is 0 Å². The lowest BCUT2D eigenvalue weighted by atomic mass is 10.1. The second-order valence-corrected chi connectivity index (χ2v) is 8.13. The third kappa shape index (κ3) is 6.27. The van der Waals surface area contributed by atoms with Gasteiger partial charge in [0.15, 0.2) is 11.5 Å². The van der Waals surface area contributed by atoms with Crippen molar-refractivity contribution in [1.29, 1.82) is 0 Å². The number of aryl methyl sites for hydroxylation is 1. The summed E-state index contributed by atoms with van der Waals surface area (Å²) in [4.78, 5) is 38.7. The van der Waals surface area contributed by atoms with Crippen LogP contribution in [-0.4, -0.2) is 63.6 Å². The molecule has 1 aliphatic heterocycles. The maximum Gasteiger partial charge on any atom is 0.310 e. The first-order chi connectivity index (χ1) is 16.5. The number of Topliss-reactive ketones (excluding diaryl/α,β-unsaturated/α-hetero) is 1. The van der Waals surface area contributed by atoms with Crippen molar-refractivity contribution in [1.82, 2.24) is 4.90 Å². The van der Waals surface area contributed by atoms with E-state index in [-0.39, 0.29) is 25.5 Å². The highest BCUT2D eigenvalue weighted by Gasteiger charge is 2.34. The smallest absolute Gasteiger partial charge is 0.310 e. The zero-order valence-corrected chi connectivity index (χ0v) is 19.9. The van der Waals surface area contributed by atoms with E-state index in [2.05, 4.69) is 0 Å². The van der Waals surface area contributed by atoms with Gasteiger partial charge in [0.1, 0.15) is 0 Å². The lowest BCUT2D eigenvalue weighted by Crippen LogP contribution is -2.36. The average Bonchev–Trinajstić information content (AvgIpc) is 3.36. The molecule has 0 unspecified atom stereocenters. The molecule has 2 aromatic carbocycles. The Bertz CT molecular complexity index is 980. The summed E-state index contributed by atoms with van der Waals surface area (Å²) in [5, 5.41) is 0. The molecule has 0 aromatic heterocycles. The predicted molar refractivity (Wildman–Crippen MR) is 125 cm³/mol. The van der Waals surface area contributed by atoms with Gasteiger partial charge in [-0.2, -0.15) is 0 Å². The summed E-state index contributed by atoms with van der Waals surface area (Å²) in [5.74, 6) is -0.0713. The Labute approximate surface area is 199 Å². The quantitative estimate of drug-likeness (QED) is 0.284. The van der Waals surface area contributed by atoms with E-state index in [1.165, 1.54) is 4.90 Å². The minimum Gasteiger partial charge on any atom is -0.493 e. The molecule has 0 spiro atoms. The topological polar surface area (TPSA) is 91.4 Å². The molecule has 1 amide bonds. The van der Waals surface area contributed by atoms with Gasteiger partial charge >= 0.3 is 5.97 Å². The van der Waals surface area contributed by atoms with Gasteiger partial charge in [-0.1, -0.05) is 30.3 Å². The van der Waals surface area contributed by atoms with Gasteiger partial charge in [-0.3, -0.25) is 14.4 Å². The largest absolute Gasteiger partial charge is 0.493 e. The van der Waals surface area contributed by atoms with Crippen molar-refractivity contribution in [3.8, 4) is 17.2 Å². The number of ether oxygens (including phenoxy) is 4. The summed E-state index contributed by atoms with van der Waals surface area (Å²) in [6, 6.07) is 12.9. The third-order valence-corrected chi connectivity index (χ3v) is 5.83. The predicted octanol–water partition coefficient (Wildman–Crippen LogP) is 2.85. The van der Waals surface area contributed by atoms with Crippen LogP contribution >= 0.6 is 0 Å². The van der Waals surface area contributed by atoms with E-state index in [4.69, 9.17) is 18.9 Å². The first-order valence-electron chi connectivity index (χ1n) is 11.3. The Morgan fingerprint density at radius 3 is 2.24 bits per heavy atom. The fourth-order valence-corrected chi connectivity index (χ4v) is 4.02. The second kappa shape index (κ2) is 12.1. The molecular formula is C26H31NO7. The van der Waals surface area contributed by atoms with Gasteiger partial charge in [0.2, 0.25) is 11.5 Å². The molecule has 34 heavy (non-hydrogen) atoms. The molecule has 0 saturated carbocycles. The molecule has 8 heteroatoms. The van der Waals surface area contributed by atoms with E-state index < -0.39 is 17.6 Å². The van der Waals surface area contributed by atoms with Crippen LogP contribution in [0.5, 0.6) is 17.2 Å². The zero-order valence-electron chi connectivity index (χ0n) is 19.9. The van der Waals surface area contributed by atoms with Gasteiger partial charge in [0.05, 0.1) is 33.9 Å². The van der Waals surface area contributed by atoms with Gasteiger partial charge in [-0.15, -0.1) is 0 Å². The van der Waals surface area contributed by atoms with Gasteiger partial charge in [-0.25, -0.2) is 0 Å². The lowest BCUT2D eigenvalue weighted by molar-refractivity contribution is -0.149. The maximum atomic E-state index is 12.5. The van der Waals surface area contributed by atoms with Crippen LogP contribution < -0.4 is 14.2 Å². The van der Waals surface area contributed by atoms with Crippen LogP contribution in [0.15, 0.2) is 42.5 Å². The van der Waals surface area contributed by atoms with Crippen molar-refractivity contribution in [3.63, 3.8) is 0 Å². The summed E-state index contributed by atoms with van der Waals surface area (Å²) in [5.41, 5.74) is 1.77. The van der Waals surface area contributed by atoms with Gasteiger partial charge in [0, 0.05) is 19.5 Å². The van der Waals surface area contributed by atoms with E-state index in [0.29, 0.717) is 43.1 Å². The summed E-state index contributed by atoms with van der Waals surface area (Å²) in [7, 11) is 4.68. The first-order valence-corrected chi connectivity index (χ1v) is 11.3. The average molecular weight is 470 g/mol. The molecule has 8 nitrogen and oxygen atoms in total. The number of hydrogen-bond acceptors (Lipinski definition) is 7. The van der Waals surface area contributed by atoms with E-state index in [1.807, 2.05) is 42.5 Å². The maximum absolute atomic E-state index is 12.5. The van der Waals surface area contributed by atoms with Gasteiger partial charge in [0.25, 0.3) is 5.91 Å². The number of amides is 1. The normalized spacial score (nSPS) is 15.0. The minimum atomic E-state index is -0.540. The highest BCUT2D eigenvalue weighted by Crippen LogP contribution is 2.38. The minimum absolute atomic E-state index is 0.0617. The van der Waals surface area contributed by atoms with Crippen LogP contribution in [0.3, 0.4) is 0 Å². The molecular weight excluding hydrogens is 438 g/mol. The lowest BCUT2D eigenvalue weighted by Gasteiger charge is -2.16. The standard InChI is InChI=1S/C26H31NO7/c1-31-22-15-19(16-23(32-2)24(22)33-3)10-7-13-34-26(30)20-11-12-27(17-20)25(29)21(28)14-18-8-5-4-6-9-18/h4-6,8-9,15-16,20H,7,10-14,17H2,1-3H3/t20-/m1/s1. The van der Waals surface area contributed by atoms with Crippen LogP contribution in [0, 0.1) is 5.92 Å². The number of methoxy groups -OCH3 is 3. The number of carbonyl (C=O) groups excluding carboxylic acids is 3. The number of likely N-dealkylation sites (tertiary alicyclic amines) is 1. The molecule has 1 heterocycles. The molecule has 1 fully saturated rings. The summed E-state index contributed by atoms with van der Waals surface area (Å²) in [6.07, 6.45) is 1.84. The van der Waals surface area contributed by atoms with E-state index in [9.17, 15) is 14.4 Å². The van der Waals surface area contributed by atoms with E-state index in [1.54, 1.807) is 21.3 Å². The van der Waals surface area contributed by atoms with Gasteiger partial charge < -0.3 is 23.8 Å². The van der Waals surface area contributed by atoms with E-state index >= 15 is 0 Å². The summed E-state index contributed by atoms with van der Waals surface area (Å²) < 4.78 is 21.5. The van der Waals surface area contributed by atoms with Crippen molar-refractivity contribution < 1.29 is 33.3 Å². The molecule has 0 aliphatic carbocycles. The van der Waals surface area contributed by atoms with Crippen LogP contribution in [0.1, 0.15) is 24.0 Å². The molecule has 1 atom stereocenters. The number of rotatable bonds is 11. The Hall–Kier alpha value is -3.55. The third-order valence-electron chi connectivity index (χ3n) is 5.83. The number of carbonyl (C=O) groups is 3. The Morgan fingerprint density at radius 2 is 1.62 bits per heavy atom. The molecule has 0 N–H and O–H groups in total. The molecule has 2 aromatic rings. The van der Waals surface area contributed by atoms with E-state index in [0.717, 1.165) is 11.1 Å². The van der Waals surface area contributed by atoms with Crippen LogP contribution in [0.2, 0.25) is 0 Å². The second-order valence-electron chi connectivity index (χ2n) is 8.13. The van der Waals surface area contributed by atoms with Crippen molar-refractivity contribution in [2.45, 2.75) is 25.7 Å². The molecule has 0 radical (unpaired) electrons. The monoisotopic (exact) mass is 469 g/mol. The first kappa shape index (κ1) is 25.1. The van der Waals surface area contributed by atoms with Gasteiger partial charge in [-0.05, 0) is 42.5 Å². The Kier molecular flexibility index (Phi) is 8.90. The van der Waals surface area contributed by atoms with Crippen LogP contribution in [0.4, 0.5) is 0 Å². The number of benzene rings is 2. The Morgan fingerprint density at radius 1 is 0.941 bits per heavy atom. The summed E-state index contributed by atoms with van der Waals surface area (Å²) in [6.45, 7) is 0.850. The number of ketones is 1.